The minimum atomic E-state index is -1.55. The summed E-state index contributed by atoms with van der Waals surface area (Å²) in [5.41, 5.74) is 0. The summed E-state index contributed by atoms with van der Waals surface area (Å²) in [6, 6.07) is 0. The maximum atomic E-state index is 12.7. The van der Waals surface area contributed by atoms with Gasteiger partial charge in [-0.2, -0.15) is 0 Å². The molecule has 1 fully saturated rings. The molecule has 0 aromatic carbocycles. The Morgan fingerprint density at radius 2 is 1.17 bits per heavy atom. The van der Waals surface area contributed by atoms with Crippen molar-refractivity contribution in [3.8, 4) is 0 Å². The Hall–Kier alpha value is -2.37. The van der Waals surface area contributed by atoms with E-state index in [1.165, 1.54) is 38.5 Å². The van der Waals surface area contributed by atoms with Gasteiger partial charge in [0.05, 0.1) is 19.8 Å². The molecule has 9 heteroatoms. The molecular weight excluding hydrogens is 660 g/mol. The number of rotatable bonds is 32. The lowest BCUT2D eigenvalue weighted by atomic mass is 9.99. The van der Waals surface area contributed by atoms with E-state index in [9.17, 15) is 25.2 Å². The van der Waals surface area contributed by atoms with Crippen LogP contribution in [0.1, 0.15) is 129 Å². The number of esters is 1. The first-order chi connectivity index (χ1) is 25.4. The second kappa shape index (κ2) is 34.4. The second-order valence-electron chi connectivity index (χ2n) is 13.3. The molecule has 9 nitrogen and oxygen atoms in total. The lowest BCUT2D eigenvalue weighted by Crippen LogP contribution is -2.59. The molecule has 0 aromatic heterocycles. The van der Waals surface area contributed by atoms with Crippen molar-refractivity contribution in [3.63, 3.8) is 0 Å². The number of unbranched alkanes of at least 4 members (excludes halogenated alkanes) is 9. The molecule has 1 aliphatic heterocycles. The van der Waals surface area contributed by atoms with Gasteiger partial charge in [-0.3, -0.25) is 4.79 Å². The van der Waals surface area contributed by atoms with Crippen molar-refractivity contribution in [3.05, 3.63) is 72.9 Å². The smallest absolute Gasteiger partial charge is 0.306 e. The summed E-state index contributed by atoms with van der Waals surface area (Å²) in [5.74, 6) is -0.376. The van der Waals surface area contributed by atoms with E-state index in [-0.39, 0.29) is 25.6 Å². The van der Waals surface area contributed by atoms with Gasteiger partial charge in [0.2, 0.25) is 0 Å². The number of carbonyl (C=O) groups is 1. The van der Waals surface area contributed by atoms with Gasteiger partial charge in [0.15, 0.2) is 6.29 Å². The highest BCUT2D eigenvalue weighted by Gasteiger charge is 2.44. The van der Waals surface area contributed by atoms with Crippen LogP contribution in [-0.2, 0) is 23.7 Å². The van der Waals surface area contributed by atoms with Gasteiger partial charge in [0.25, 0.3) is 0 Å². The minimum Gasteiger partial charge on any atom is -0.457 e. The van der Waals surface area contributed by atoms with Crippen LogP contribution >= 0.6 is 0 Å². The predicted octanol–water partition coefficient (Wildman–Crippen LogP) is 8.13. The summed E-state index contributed by atoms with van der Waals surface area (Å²) in [6.45, 7) is 4.29. The summed E-state index contributed by atoms with van der Waals surface area (Å²) in [6.07, 6.45) is 36.4. The number of aliphatic hydroxyl groups is 4. The quantitative estimate of drug-likeness (QED) is 0.0307. The Morgan fingerprint density at radius 1 is 0.635 bits per heavy atom. The van der Waals surface area contributed by atoms with Gasteiger partial charge in [-0.1, -0.05) is 125 Å². The van der Waals surface area contributed by atoms with Crippen molar-refractivity contribution in [1.82, 2.24) is 0 Å². The highest BCUT2D eigenvalue weighted by atomic mass is 16.7. The van der Waals surface area contributed by atoms with Crippen molar-refractivity contribution in [1.29, 1.82) is 0 Å². The standard InChI is InChI=1S/C43H72O9/c1-3-5-7-9-11-13-15-17-18-19-20-21-22-24-26-28-30-32-39(45)51-37(36-50-43-42(48)41(47)40(46)38(34-44)52-43)35-49-33-31-29-27-25-23-16-14-12-10-8-6-4-2/h5,7,10-13,17-18,20-21,24,26,37-38,40-44,46-48H,3-4,6,8-9,14-16,19,22-23,25,27-36H2,1-2H3/b7-5-,12-10-,13-11-,18-17-,21-20-,26-24-. The van der Waals surface area contributed by atoms with Crippen LogP contribution in [0.4, 0.5) is 0 Å². The summed E-state index contributed by atoms with van der Waals surface area (Å²) < 4.78 is 22.6. The first-order valence-electron chi connectivity index (χ1n) is 20.0. The Morgan fingerprint density at radius 3 is 1.79 bits per heavy atom. The molecule has 0 radical (unpaired) electrons. The lowest BCUT2D eigenvalue weighted by Gasteiger charge is -2.39. The minimum absolute atomic E-state index is 0.113. The zero-order chi connectivity index (χ0) is 37.9. The van der Waals surface area contributed by atoms with Crippen molar-refractivity contribution in [2.75, 3.05) is 26.4 Å². The van der Waals surface area contributed by atoms with Crippen molar-refractivity contribution < 1.29 is 44.2 Å². The molecule has 0 bridgehead atoms. The topological polar surface area (TPSA) is 135 Å². The van der Waals surface area contributed by atoms with Crippen LogP contribution in [0.25, 0.3) is 0 Å². The average molecular weight is 733 g/mol. The molecule has 0 amide bonds. The zero-order valence-corrected chi connectivity index (χ0v) is 32.3. The zero-order valence-electron chi connectivity index (χ0n) is 32.3. The maximum Gasteiger partial charge on any atom is 0.306 e. The Kier molecular flexibility index (Phi) is 31.5. The van der Waals surface area contributed by atoms with Gasteiger partial charge in [-0.15, -0.1) is 0 Å². The van der Waals surface area contributed by atoms with Gasteiger partial charge < -0.3 is 39.4 Å². The Balaban J connectivity index is 2.38. The van der Waals surface area contributed by atoms with Crippen LogP contribution < -0.4 is 0 Å². The van der Waals surface area contributed by atoms with E-state index in [4.69, 9.17) is 18.9 Å². The van der Waals surface area contributed by atoms with Crippen LogP contribution in [0.15, 0.2) is 72.9 Å². The number of aliphatic hydroxyl groups excluding tert-OH is 4. The molecule has 0 aliphatic carbocycles. The average Bonchev–Trinajstić information content (AvgIpc) is 3.14. The highest BCUT2D eigenvalue weighted by Crippen LogP contribution is 2.22. The molecule has 1 aliphatic rings. The normalized spacial score (nSPS) is 22.0. The van der Waals surface area contributed by atoms with E-state index >= 15 is 0 Å². The van der Waals surface area contributed by atoms with E-state index in [1.54, 1.807) is 0 Å². The predicted molar refractivity (Wildman–Crippen MR) is 210 cm³/mol. The molecule has 4 N–H and O–H groups in total. The van der Waals surface area contributed by atoms with E-state index in [1.807, 2.05) is 0 Å². The maximum absolute atomic E-state index is 12.7. The van der Waals surface area contributed by atoms with Crippen LogP contribution in [-0.4, -0.2) is 89.6 Å². The van der Waals surface area contributed by atoms with Crippen LogP contribution in [0.2, 0.25) is 0 Å². The third-order valence-corrected chi connectivity index (χ3v) is 8.61. The van der Waals surface area contributed by atoms with Gasteiger partial charge in [0.1, 0.15) is 30.5 Å². The number of carbonyl (C=O) groups excluding carboxylic acids is 1. The van der Waals surface area contributed by atoms with Crippen molar-refractivity contribution in [2.24, 2.45) is 0 Å². The molecule has 52 heavy (non-hydrogen) atoms. The molecule has 1 rings (SSSR count). The number of allylic oxidation sites excluding steroid dienone is 12. The SMILES string of the molecule is CC/C=C\C/C=C\C/C=C\C/C=C\C/C=C\CCCC(=O)OC(COCCCCCCCC/C=C\CCCC)COC1OC(CO)C(O)C(O)C1O. The first-order valence-corrected chi connectivity index (χ1v) is 20.0. The summed E-state index contributed by atoms with van der Waals surface area (Å²) in [7, 11) is 0. The third kappa shape index (κ3) is 25.6. The van der Waals surface area contributed by atoms with Crippen molar-refractivity contribution >= 4 is 5.97 Å². The molecular formula is C43H72O9. The fraction of sp³-hybridized carbons (Fsp3) is 0.698. The van der Waals surface area contributed by atoms with Crippen molar-refractivity contribution in [2.45, 2.75) is 166 Å². The van der Waals surface area contributed by atoms with Gasteiger partial charge in [-0.05, 0) is 70.6 Å². The Bertz CT molecular complexity index is 1020. The summed E-state index contributed by atoms with van der Waals surface area (Å²) in [5, 5.41) is 40.0. The first kappa shape index (κ1) is 47.7. The molecule has 0 saturated carbocycles. The van der Waals surface area contributed by atoms with E-state index in [2.05, 4.69) is 86.8 Å². The van der Waals surface area contributed by atoms with E-state index < -0.39 is 43.4 Å². The van der Waals surface area contributed by atoms with E-state index in [0.717, 1.165) is 64.2 Å². The second-order valence-corrected chi connectivity index (χ2v) is 13.3. The van der Waals surface area contributed by atoms with Crippen LogP contribution in [0.5, 0.6) is 0 Å². The fourth-order valence-corrected chi connectivity index (χ4v) is 5.45. The van der Waals surface area contributed by atoms with Crippen LogP contribution in [0.3, 0.4) is 0 Å². The van der Waals surface area contributed by atoms with E-state index in [0.29, 0.717) is 13.0 Å². The molecule has 1 saturated heterocycles. The molecule has 6 unspecified atom stereocenters. The third-order valence-electron chi connectivity index (χ3n) is 8.61. The monoisotopic (exact) mass is 733 g/mol. The molecule has 1 heterocycles. The number of hydrogen-bond donors (Lipinski definition) is 4. The molecule has 6 atom stereocenters. The van der Waals surface area contributed by atoms with Gasteiger partial charge in [-0.25, -0.2) is 0 Å². The molecule has 0 spiro atoms. The lowest BCUT2D eigenvalue weighted by molar-refractivity contribution is -0.305. The highest BCUT2D eigenvalue weighted by molar-refractivity contribution is 5.69. The van der Waals surface area contributed by atoms with Gasteiger partial charge >= 0.3 is 5.97 Å². The van der Waals surface area contributed by atoms with Crippen LogP contribution in [0, 0.1) is 0 Å². The molecule has 298 valence electrons. The fourth-order valence-electron chi connectivity index (χ4n) is 5.45. The van der Waals surface area contributed by atoms with Gasteiger partial charge in [0, 0.05) is 13.0 Å². The number of ether oxygens (including phenoxy) is 4. The largest absolute Gasteiger partial charge is 0.457 e. The number of hydrogen-bond acceptors (Lipinski definition) is 9. The summed E-state index contributed by atoms with van der Waals surface area (Å²) >= 11 is 0. The summed E-state index contributed by atoms with van der Waals surface area (Å²) in [4.78, 5) is 12.7. The molecule has 0 aromatic rings. The Labute approximate surface area is 315 Å².